The lowest BCUT2D eigenvalue weighted by atomic mass is 9.70. The maximum atomic E-state index is 12.9. The number of thiazole rings is 1. The molecule has 3 aromatic rings. The lowest BCUT2D eigenvalue weighted by Gasteiger charge is -2.40. The van der Waals surface area contributed by atoms with Gasteiger partial charge in [-0.15, -0.1) is 11.3 Å². The molecule has 0 saturated heterocycles. The summed E-state index contributed by atoms with van der Waals surface area (Å²) in [6.07, 6.45) is 3.97. The third-order valence-electron chi connectivity index (χ3n) is 5.64. The Morgan fingerprint density at radius 2 is 1.97 bits per heavy atom. The molecule has 4 rings (SSSR count). The molecule has 1 aromatic carbocycles. The van der Waals surface area contributed by atoms with Crippen molar-refractivity contribution in [2.75, 3.05) is 5.32 Å². The van der Waals surface area contributed by atoms with Gasteiger partial charge < -0.3 is 10.4 Å². The van der Waals surface area contributed by atoms with Crippen LogP contribution >= 0.6 is 11.3 Å². The average molecular weight is 445 g/mol. The molecular weight excluding hydrogens is 418 g/mol. The zero-order valence-electron chi connectivity index (χ0n) is 17.8. The Morgan fingerprint density at radius 1 is 1.16 bits per heavy atom. The first kappa shape index (κ1) is 21.8. The lowest BCUT2D eigenvalue weighted by Crippen LogP contribution is -2.36. The number of rotatable bonds is 5. The number of aryl methyl sites for hydroxylation is 1. The molecule has 0 unspecified atom stereocenters. The number of alkyl halides is 2. The number of hydrogen-bond donors (Lipinski definition) is 2. The Kier molecular flexibility index (Phi) is 5.79. The monoisotopic (exact) mass is 444 g/mol. The van der Waals surface area contributed by atoms with Crippen molar-refractivity contribution in [2.45, 2.75) is 58.5 Å². The van der Waals surface area contributed by atoms with Crippen LogP contribution in [0.5, 0.6) is 0 Å². The van der Waals surface area contributed by atoms with Gasteiger partial charge in [0.2, 0.25) is 5.95 Å². The van der Waals surface area contributed by atoms with Crippen LogP contribution in [-0.2, 0) is 5.60 Å². The standard InChI is InChI=1S/C23H26F2N4OS/c1-14-9-15(11-16(10-14)28-21-26-8-5-17(29-21)19(24)25)18-12-27-20(31-18)23(30)7-4-6-22(2,3)13-23/h5,8-12,19,30H,4,6-7,13H2,1-3H3,(H,26,28,29)/t23-/m1/s1. The van der Waals surface area contributed by atoms with Gasteiger partial charge >= 0.3 is 0 Å². The van der Waals surface area contributed by atoms with Crippen molar-refractivity contribution in [3.8, 4) is 10.4 Å². The SMILES string of the molecule is Cc1cc(Nc2nccc(C(F)F)n2)cc(-c2cnc([C@@]3(O)CCCC(C)(C)C3)s2)c1. The molecule has 164 valence electrons. The number of anilines is 2. The van der Waals surface area contributed by atoms with Gasteiger partial charge in [-0.1, -0.05) is 19.9 Å². The summed E-state index contributed by atoms with van der Waals surface area (Å²) in [6.45, 7) is 6.34. The Morgan fingerprint density at radius 3 is 2.71 bits per heavy atom. The van der Waals surface area contributed by atoms with Gasteiger partial charge in [0.1, 0.15) is 16.3 Å². The smallest absolute Gasteiger partial charge is 0.280 e. The van der Waals surface area contributed by atoms with Crippen molar-refractivity contribution in [3.05, 3.63) is 52.9 Å². The van der Waals surface area contributed by atoms with Crippen LogP contribution in [0.15, 0.2) is 36.7 Å². The first-order valence-electron chi connectivity index (χ1n) is 10.3. The number of halogens is 2. The van der Waals surface area contributed by atoms with E-state index in [4.69, 9.17) is 0 Å². The van der Waals surface area contributed by atoms with E-state index in [-0.39, 0.29) is 17.1 Å². The van der Waals surface area contributed by atoms with Gasteiger partial charge in [-0.05, 0) is 67.3 Å². The van der Waals surface area contributed by atoms with Gasteiger partial charge in [0, 0.05) is 18.1 Å². The third-order valence-corrected chi connectivity index (χ3v) is 6.88. The minimum Gasteiger partial charge on any atom is -0.383 e. The normalized spacial score (nSPS) is 20.7. The Bertz CT molecular complexity index is 1080. The number of aliphatic hydroxyl groups is 1. The second kappa shape index (κ2) is 8.24. The fourth-order valence-corrected chi connectivity index (χ4v) is 5.33. The number of hydrogen-bond acceptors (Lipinski definition) is 6. The largest absolute Gasteiger partial charge is 0.383 e. The highest BCUT2D eigenvalue weighted by Crippen LogP contribution is 2.48. The molecule has 1 aliphatic rings. The van der Waals surface area contributed by atoms with E-state index < -0.39 is 12.0 Å². The molecule has 0 amide bonds. The van der Waals surface area contributed by atoms with E-state index in [0.717, 1.165) is 40.3 Å². The molecule has 1 saturated carbocycles. The summed E-state index contributed by atoms with van der Waals surface area (Å²) in [4.78, 5) is 13.4. The fraction of sp³-hybridized carbons (Fsp3) is 0.435. The van der Waals surface area contributed by atoms with Crippen molar-refractivity contribution in [2.24, 2.45) is 5.41 Å². The Balaban J connectivity index is 1.60. The van der Waals surface area contributed by atoms with Crippen LogP contribution in [0.25, 0.3) is 10.4 Å². The van der Waals surface area contributed by atoms with Crippen molar-refractivity contribution >= 4 is 23.0 Å². The van der Waals surface area contributed by atoms with E-state index >= 15 is 0 Å². The zero-order valence-corrected chi connectivity index (χ0v) is 18.6. The molecule has 2 aromatic heterocycles. The van der Waals surface area contributed by atoms with Crippen LogP contribution in [0.2, 0.25) is 0 Å². The number of benzene rings is 1. The topological polar surface area (TPSA) is 70.9 Å². The first-order valence-corrected chi connectivity index (χ1v) is 11.1. The summed E-state index contributed by atoms with van der Waals surface area (Å²) in [5.41, 5.74) is 1.52. The maximum absolute atomic E-state index is 12.9. The van der Waals surface area contributed by atoms with Crippen LogP contribution in [-0.4, -0.2) is 20.1 Å². The van der Waals surface area contributed by atoms with Crippen molar-refractivity contribution in [3.63, 3.8) is 0 Å². The van der Waals surface area contributed by atoms with E-state index in [1.807, 2.05) is 25.1 Å². The summed E-state index contributed by atoms with van der Waals surface area (Å²) in [5, 5.41) is 15.0. The lowest BCUT2D eigenvalue weighted by molar-refractivity contribution is -0.0441. The van der Waals surface area contributed by atoms with Gasteiger partial charge in [-0.3, -0.25) is 0 Å². The van der Waals surface area contributed by atoms with E-state index in [2.05, 4.69) is 34.1 Å². The van der Waals surface area contributed by atoms with Gasteiger partial charge in [0.05, 0.1) is 4.88 Å². The molecule has 0 aliphatic heterocycles. The second-order valence-corrected chi connectivity index (χ2v) is 10.1. The van der Waals surface area contributed by atoms with Crippen LogP contribution in [0, 0.1) is 12.3 Å². The summed E-state index contributed by atoms with van der Waals surface area (Å²) in [5.74, 6) is 0.123. The van der Waals surface area contributed by atoms with Crippen LogP contribution in [0.3, 0.4) is 0 Å². The zero-order chi connectivity index (χ0) is 22.2. The Labute approximate surface area is 184 Å². The van der Waals surface area contributed by atoms with Crippen LogP contribution in [0.4, 0.5) is 20.4 Å². The van der Waals surface area contributed by atoms with Crippen molar-refractivity contribution in [1.29, 1.82) is 0 Å². The molecule has 2 N–H and O–H groups in total. The van der Waals surface area contributed by atoms with Gasteiger partial charge in [-0.25, -0.2) is 23.7 Å². The molecule has 1 aliphatic carbocycles. The summed E-state index contributed by atoms with van der Waals surface area (Å²) >= 11 is 1.50. The molecule has 31 heavy (non-hydrogen) atoms. The second-order valence-electron chi connectivity index (χ2n) is 9.07. The minimum absolute atomic E-state index is 0.0893. The van der Waals surface area contributed by atoms with Crippen LogP contribution < -0.4 is 5.32 Å². The molecule has 8 heteroatoms. The van der Waals surface area contributed by atoms with Gasteiger partial charge in [-0.2, -0.15) is 0 Å². The van der Waals surface area contributed by atoms with E-state index in [9.17, 15) is 13.9 Å². The fourth-order valence-electron chi connectivity index (χ4n) is 4.31. The first-order chi connectivity index (χ1) is 14.6. The molecule has 1 atom stereocenters. The van der Waals surface area contributed by atoms with Crippen molar-refractivity contribution in [1.82, 2.24) is 15.0 Å². The maximum Gasteiger partial charge on any atom is 0.280 e. The minimum atomic E-state index is -2.65. The summed E-state index contributed by atoms with van der Waals surface area (Å²) in [7, 11) is 0. The number of nitrogens with one attached hydrogen (secondary N) is 1. The third kappa shape index (κ3) is 4.91. The number of aromatic nitrogens is 3. The molecular formula is C23H26F2N4OS. The average Bonchev–Trinajstić information content (AvgIpc) is 3.18. The molecule has 0 bridgehead atoms. The van der Waals surface area contributed by atoms with Crippen LogP contribution in [0.1, 0.15) is 62.2 Å². The van der Waals surface area contributed by atoms with Crippen molar-refractivity contribution < 1.29 is 13.9 Å². The molecule has 1 fully saturated rings. The predicted octanol–water partition coefficient (Wildman–Crippen LogP) is 6.38. The summed E-state index contributed by atoms with van der Waals surface area (Å²) in [6, 6.07) is 7.06. The van der Waals surface area contributed by atoms with Gasteiger partial charge in [0.15, 0.2) is 0 Å². The predicted molar refractivity (Wildman–Crippen MR) is 119 cm³/mol. The highest BCUT2D eigenvalue weighted by molar-refractivity contribution is 7.15. The van der Waals surface area contributed by atoms with E-state index in [1.54, 1.807) is 6.20 Å². The van der Waals surface area contributed by atoms with E-state index in [0.29, 0.717) is 12.1 Å². The van der Waals surface area contributed by atoms with E-state index in [1.165, 1.54) is 23.6 Å². The molecule has 5 nitrogen and oxygen atoms in total. The molecule has 0 radical (unpaired) electrons. The number of nitrogens with zero attached hydrogens (tertiary/aromatic N) is 3. The quantitative estimate of drug-likeness (QED) is 0.478. The highest BCUT2D eigenvalue weighted by atomic mass is 32.1. The van der Waals surface area contributed by atoms with Gasteiger partial charge in [0.25, 0.3) is 6.43 Å². The summed E-state index contributed by atoms with van der Waals surface area (Å²) < 4.78 is 25.9. The molecule has 2 heterocycles. The Hall–Kier alpha value is -2.45. The molecule has 0 spiro atoms. The highest BCUT2D eigenvalue weighted by Gasteiger charge is 2.41.